The van der Waals surface area contributed by atoms with Gasteiger partial charge in [-0.25, -0.2) is 0 Å². The van der Waals surface area contributed by atoms with E-state index in [1.807, 2.05) is 0 Å². The number of carbonyl (C=O) groups is 1. The molecule has 16 heavy (non-hydrogen) atoms. The Morgan fingerprint density at radius 1 is 1.44 bits per heavy atom. The van der Waals surface area contributed by atoms with Crippen LogP contribution < -0.4 is 4.74 Å². The highest BCUT2D eigenvalue weighted by Gasteiger charge is 2.35. The lowest BCUT2D eigenvalue weighted by Crippen LogP contribution is -2.41. The number of benzene rings is 1. The van der Waals surface area contributed by atoms with Crippen LogP contribution in [-0.2, 0) is 4.79 Å². The molecule has 0 aliphatic heterocycles. The lowest BCUT2D eigenvalue weighted by Gasteiger charge is -2.25. The number of hydrogen-bond donors (Lipinski definition) is 3. The van der Waals surface area contributed by atoms with Gasteiger partial charge in [0.05, 0.1) is 13.7 Å². The van der Waals surface area contributed by atoms with Crippen LogP contribution in [0.25, 0.3) is 0 Å². The third-order valence-corrected chi connectivity index (χ3v) is 2.36. The topological polar surface area (TPSA) is 87.0 Å². The summed E-state index contributed by atoms with van der Waals surface area (Å²) in [6, 6.07) is 6.18. The quantitative estimate of drug-likeness (QED) is 0.597. The van der Waals surface area contributed by atoms with Gasteiger partial charge in [-0.1, -0.05) is 12.1 Å². The van der Waals surface area contributed by atoms with E-state index < -0.39 is 18.3 Å². The molecule has 0 aliphatic carbocycles. The zero-order valence-corrected chi connectivity index (χ0v) is 8.83. The van der Waals surface area contributed by atoms with Crippen molar-refractivity contribution in [1.82, 2.24) is 0 Å². The molecule has 0 aliphatic rings. The summed E-state index contributed by atoms with van der Waals surface area (Å²) in [7, 11) is 1.50. The number of methoxy groups -OCH3 is 1. The van der Waals surface area contributed by atoms with Gasteiger partial charge >= 0.3 is 0 Å². The van der Waals surface area contributed by atoms with Crippen molar-refractivity contribution in [2.45, 2.75) is 11.7 Å². The van der Waals surface area contributed by atoms with E-state index in [0.29, 0.717) is 11.3 Å². The lowest BCUT2D eigenvalue weighted by molar-refractivity contribution is -0.145. The molecule has 2 atom stereocenters. The van der Waals surface area contributed by atoms with Crippen molar-refractivity contribution in [2.24, 2.45) is 0 Å². The Hall–Kier alpha value is -1.43. The minimum Gasteiger partial charge on any atom is -0.497 e. The Balaban J connectivity index is 2.95. The Labute approximate surface area is 92.9 Å². The molecule has 0 spiro atoms. The Morgan fingerprint density at radius 3 is 2.38 bits per heavy atom. The summed E-state index contributed by atoms with van der Waals surface area (Å²) in [5, 5.41) is 28.2. The van der Waals surface area contributed by atoms with Gasteiger partial charge in [0.1, 0.15) is 11.9 Å². The molecule has 1 aromatic carbocycles. The van der Waals surface area contributed by atoms with E-state index in [1.54, 1.807) is 12.1 Å². The van der Waals surface area contributed by atoms with Crippen molar-refractivity contribution in [3.05, 3.63) is 29.8 Å². The van der Waals surface area contributed by atoms with Gasteiger partial charge in [-0.2, -0.15) is 0 Å². The van der Waals surface area contributed by atoms with Crippen molar-refractivity contribution >= 4 is 6.29 Å². The molecular formula is C11H14O5. The zero-order valence-electron chi connectivity index (χ0n) is 8.83. The summed E-state index contributed by atoms with van der Waals surface area (Å²) < 4.78 is 4.92. The van der Waals surface area contributed by atoms with E-state index in [-0.39, 0.29) is 6.29 Å². The summed E-state index contributed by atoms with van der Waals surface area (Å²) in [5.74, 6) is 0.592. The van der Waals surface area contributed by atoms with Gasteiger partial charge in [-0.3, -0.25) is 4.79 Å². The largest absolute Gasteiger partial charge is 0.497 e. The first-order chi connectivity index (χ1) is 7.57. The summed E-state index contributed by atoms with van der Waals surface area (Å²) >= 11 is 0. The highest BCUT2D eigenvalue weighted by atomic mass is 16.5. The van der Waals surface area contributed by atoms with Gasteiger partial charge in [-0.05, 0) is 17.7 Å². The van der Waals surface area contributed by atoms with Crippen molar-refractivity contribution in [2.75, 3.05) is 13.7 Å². The highest BCUT2D eigenvalue weighted by molar-refractivity contribution is 5.64. The van der Waals surface area contributed by atoms with Crippen LogP contribution in [0.2, 0.25) is 0 Å². The van der Waals surface area contributed by atoms with Crippen molar-refractivity contribution in [3.8, 4) is 5.75 Å². The van der Waals surface area contributed by atoms with Crippen LogP contribution in [0.4, 0.5) is 0 Å². The molecule has 0 bridgehead atoms. The standard InChI is InChI=1S/C11H14O5/c1-16-9-4-2-8(3-5-9)10(14)11(15,6-12)7-13/h2-6,10,13-15H,7H2,1H3. The maximum atomic E-state index is 10.6. The van der Waals surface area contributed by atoms with Crippen molar-refractivity contribution < 1.29 is 24.9 Å². The molecule has 0 saturated carbocycles. The smallest absolute Gasteiger partial charge is 0.172 e. The third-order valence-electron chi connectivity index (χ3n) is 2.36. The predicted molar refractivity (Wildman–Crippen MR) is 56.1 cm³/mol. The highest BCUT2D eigenvalue weighted by Crippen LogP contribution is 2.25. The molecule has 0 amide bonds. The molecule has 1 aromatic rings. The summed E-state index contributed by atoms with van der Waals surface area (Å²) in [6.07, 6.45) is -1.34. The third kappa shape index (κ3) is 2.38. The van der Waals surface area contributed by atoms with Gasteiger partial charge in [0, 0.05) is 0 Å². The van der Waals surface area contributed by atoms with Crippen LogP contribution in [0.1, 0.15) is 11.7 Å². The number of carbonyl (C=O) groups excluding carboxylic acids is 1. The molecule has 0 radical (unpaired) electrons. The second kappa shape index (κ2) is 5.07. The SMILES string of the molecule is COc1ccc(C(O)C(O)(C=O)CO)cc1. The van der Waals surface area contributed by atoms with Crippen LogP contribution in [0.15, 0.2) is 24.3 Å². The van der Waals surface area contributed by atoms with Gasteiger partial charge in [0.15, 0.2) is 11.9 Å². The van der Waals surface area contributed by atoms with Gasteiger partial charge < -0.3 is 20.1 Å². The molecule has 0 saturated heterocycles. The first-order valence-electron chi connectivity index (χ1n) is 4.69. The molecule has 3 N–H and O–H groups in total. The maximum Gasteiger partial charge on any atom is 0.172 e. The van der Waals surface area contributed by atoms with E-state index in [4.69, 9.17) is 9.84 Å². The van der Waals surface area contributed by atoms with Crippen molar-refractivity contribution in [3.63, 3.8) is 0 Å². The van der Waals surface area contributed by atoms with Gasteiger partial charge in [-0.15, -0.1) is 0 Å². The number of aliphatic hydroxyl groups is 3. The van der Waals surface area contributed by atoms with Crippen molar-refractivity contribution in [1.29, 1.82) is 0 Å². The van der Waals surface area contributed by atoms with Crippen LogP contribution in [0, 0.1) is 0 Å². The molecule has 0 fully saturated rings. The molecule has 5 heteroatoms. The van der Waals surface area contributed by atoms with Gasteiger partial charge in [0.2, 0.25) is 0 Å². The number of aldehydes is 1. The average Bonchev–Trinajstić information content (AvgIpc) is 2.37. The van der Waals surface area contributed by atoms with E-state index in [1.165, 1.54) is 19.2 Å². The average molecular weight is 226 g/mol. The normalized spacial score (nSPS) is 16.2. The van der Waals surface area contributed by atoms with Crippen LogP contribution in [-0.4, -0.2) is 40.9 Å². The summed E-state index contributed by atoms with van der Waals surface area (Å²) in [6.45, 7) is -0.844. The molecule has 0 heterocycles. The molecule has 88 valence electrons. The molecule has 0 aromatic heterocycles. The monoisotopic (exact) mass is 226 g/mol. The van der Waals surface area contributed by atoms with Gasteiger partial charge in [0.25, 0.3) is 0 Å². The second-order valence-electron chi connectivity index (χ2n) is 3.44. The summed E-state index contributed by atoms with van der Waals surface area (Å²) in [5.41, 5.74) is -1.85. The number of aliphatic hydroxyl groups excluding tert-OH is 2. The molecular weight excluding hydrogens is 212 g/mol. The fourth-order valence-electron chi connectivity index (χ4n) is 1.26. The number of rotatable bonds is 5. The fourth-order valence-corrected chi connectivity index (χ4v) is 1.26. The first kappa shape index (κ1) is 12.6. The lowest BCUT2D eigenvalue weighted by atomic mass is 9.93. The second-order valence-corrected chi connectivity index (χ2v) is 3.44. The van der Waals surface area contributed by atoms with Crippen LogP contribution in [0.5, 0.6) is 5.75 Å². The van der Waals surface area contributed by atoms with E-state index in [0.717, 1.165) is 0 Å². The molecule has 1 rings (SSSR count). The molecule has 2 unspecified atom stereocenters. The van der Waals surface area contributed by atoms with Crippen LogP contribution >= 0.6 is 0 Å². The first-order valence-corrected chi connectivity index (χ1v) is 4.69. The number of ether oxygens (including phenoxy) is 1. The minimum atomic E-state index is -2.17. The Bertz CT molecular complexity index is 348. The van der Waals surface area contributed by atoms with E-state index in [2.05, 4.69) is 0 Å². The maximum absolute atomic E-state index is 10.6. The van der Waals surface area contributed by atoms with E-state index >= 15 is 0 Å². The predicted octanol–water partition coefficient (Wildman–Crippen LogP) is -0.349. The number of hydrogen-bond acceptors (Lipinski definition) is 5. The Morgan fingerprint density at radius 2 is 2.00 bits per heavy atom. The fraction of sp³-hybridized carbons (Fsp3) is 0.364. The zero-order chi connectivity index (χ0) is 12.2. The Kier molecular flexibility index (Phi) is 4.00. The minimum absolute atomic E-state index is 0.127. The van der Waals surface area contributed by atoms with E-state index in [9.17, 15) is 15.0 Å². The summed E-state index contributed by atoms with van der Waals surface area (Å²) in [4.78, 5) is 10.6. The van der Waals surface area contributed by atoms with Crippen LogP contribution in [0.3, 0.4) is 0 Å². The molecule has 5 nitrogen and oxygen atoms in total.